The highest BCUT2D eigenvalue weighted by atomic mass is 14.9. The van der Waals surface area contributed by atoms with E-state index in [2.05, 4.69) is 11.6 Å². The molecule has 3 nitrogen and oxygen atoms in total. The van der Waals surface area contributed by atoms with E-state index in [0.717, 1.165) is 0 Å². The standard InChI is InChI=1S/C6H11N3/c1-2-3-4-6(8)9-5-7/h2-4H,1,5,7H2,(H2,8,9)/b4-3-. The Bertz CT molecular complexity index is 135. The second kappa shape index (κ2) is 5.05. The van der Waals surface area contributed by atoms with Crippen LogP contribution in [-0.2, 0) is 0 Å². The van der Waals surface area contributed by atoms with Crippen LogP contribution < -0.4 is 11.5 Å². The van der Waals surface area contributed by atoms with Gasteiger partial charge in [-0.05, 0) is 6.08 Å². The summed E-state index contributed by atoms with van der Waals surface area (Å²) < 4.78 is 0. The Labute approximate surface area is 54.8 Å². The monoisotopic (exact) mass is 125 g/mol. The molecule has 0 atom stereocenters. The molecule has 0 amide bonds. The van der Waals surface area contributed by atoms with Crippen molar-refractivity contribution in [3.8, 4) is 0 Å². The molecule has 9 heavy (non-hydrogen) atoms. The first-order valence-corrected chi connectivity index (χ1v) is 2.60. The molecule has 0 unspecified atom stereocenters. The molecule has 0 radical (unpaired) electrons. The first-order valence-electron chi connectivity index (χ1n) is 2.60. The van der Waals surface area contributed by atoms with E-state index in [-0.39, 0.29) is 6.67 Å². The average molecular weight is 125 g/mol. The van der Waals surface area contributed by atoms with E-state index in [1.54, 1.807) is 18.2 Å². The Balaban J connectivity index is 3.74. The fourth-order valence-corrected chi connectivity index (χ4v) is 0.325. The maximum absolute atomic E-state index is 5.31. The second-order valence-electron chi connectivity index (χ2n) is 1.36. The van der Waals surface area contributed by atoms with E-state index < -0.39 is 0 Å². The topological polar surface area (TPSA) is 64.4 Å². The molecule has 0 heterocycles. The van der Waals surface area contributed by atoms with Crippen LogP contribution in [0.2, 0.25) is 0 Å². The minimum atomic E-state index is 0.229. The molecule has 0 spiro atoms. The van der Waals surface area contributed by atoms with Crippen LogP contribution in [0.5, 0.6) is 0 Å². The highest BCUT2D eigenvalue weighted by molar-refractivity contribution is 5.91. The summed E-state index contributed by atoms with van der Waals surface area (Å²) in [5.41, 5.74) is 10.4. The Hall–Kier alpha value is -1.09. The van der Waals surface area contributed by atoms with E-state index in [4.69, 9.17) is 11.5 Å². The average Bonchev–Trinajstić information content (AvgIpc) is 1.85. The summed E-state index contributed by atoms with van der Waals surface area (Å²) in [6.45, 7) is 3.69. The maximum atomic E-state index is 5.31. The molecule has 0 aromatic carbocycles. The molecule has 0 aromatic rings. The molecule has 0 bridgehead atoms. The predicted octanol–water partition coefficient (Wildman–Crippen LogP) is 0.00200. The van der Waals surface area contributed by atoms with E-state index in [1.165, 1.54) is 0 Å². The first-order chi connectivity index (χ1) is 4.31. The van der Waals surface area contributed by atoms with Crippen molar-refractivity contribution in [3.63, 3.8) is 0 Å². The number of hydrogen-bond donors (Lipinski definition) is 2. The van der Waals surface area contributed by atoms with Gasteiger partial charge >= 0.3 is 0 Å². The zero-order valence-electron chi connectivity index (χ0n) is 5.25. The van der Waals surface area contributed by atoms with E-state index >= 15 is 0 Å². The van der Waals surface area contributed by atoms with Crippen LogP contribution in [0, 0.1) is 0 Å². The lowest BCUT2D eigenvalue weighted by Gasteiger charge is -1.86. The molecule has 4 N–H and O–H groups in total. The van der Waals surface area contributed by atoms with Crippen molar-refractivity contribution in [2.45, 2.75) is 0 Å². The summed E-state index contributed by atoms with van der Waals surface area (Å²) in [5, 5.41) is 0. The highest BCUT2D eigenvalue weighted by Crippen LogP contribution is 1.73. The smallest absolute Gasteiger partial charge is 0.119 e. The molecule has 3 heteroatoms. The third-order valence-electron chi connectivity index (χ3n) is 0.677. The Kier molecular flexibility index (Phi) is 4.44. The van der Waals surface area contributed by atoms with Crippen molar-refractivity contribution >= 4 is 5.84 Å². The molecular weight excluding hydrogens is 114 g/mol. The minimum Gasteiger partial charge on any atom is -0.384 e. The summed E-state index contributed by atoms with van der Waals surface area (Å²) in [7, 11) is 0. The Morgan fingerprint density at radius 1 is 1.67 bits per heavy atom. The molecule has 0 rings (SSSR count). The van der Waals surface area contributed by atoms with Crippen LogP contribution >= 0.6 is 0 Å². The predicted molar refractivity (Wildman–Crippen MR) is 40.0 cm³/mol. The van der Waals surface area contributed by atoms with E-state index in [1.807, 2.05) is 0 Å². The van der Waals surface area contributed by atoms with Gasteiger partial charge in [-0.3, -0.25) is 4.99 Å². The van der Waals surface area contributed by atoms with Crippen LogP contribution in [0.3, 0.4) is 0 Å². The highest BCUT2D eigenvalue weighted by Gasteiger charge is 1.76. The summed E-state index contributed by atoms with van der Waals surface area (Å²) in [5.74, 6) is 0.428. The van der Waals surface area contributed by atoms with Crippen LogP contribution in [0.25, 0.3) is 0 Å². The number of aliphatic imine (C=N–C) groups is 1. The molecule has 0 saturated carbocycles. The third-order valence-corrected chi connectivity index (χ3v) is 0.677. The minimum absolute atomic E-state index is 0.229. The third kappa shape index (κ3) is 4.77. The molecular formula is C6H11N3. The van der Waals surface area contributed by atoms with Crippen molar-refractivity contribution in [3.05, 3.63) is 24.8 Å². The number of amidine groups is 1. The van der Waals surface area contributed by atoms with Crippen molar-refractivity contribution < 1.29 is 0 Å². The van der Waals surface area contributed by atoms with Gasteiger partial charge in [-0.1, -0.05) is 18.7 Å². The fraction of sp³-hybridized carbons (Fsp3) is 0.167. The van der Waals surface area contributed by atoms with Gasteiger partial charge in [0.25, 0.3) is 0 Å². The molecule has 0 fully saturated rings. The number of allylic oxidation sites excluding steroid dienone is 2. The van der Waals surface area contributed by atoms with Crippen LogP contribution in [0.15, 0.2) is 29.8 Å². The summed E-state index contributed by atoms with van der Waals surface area (Å²) in [6.07, 6.45) is 4.97. The number of nitrogens with zero attached hydrogens (tertiary/aromatic N) is 1. The van der Waals surface area contributed by atoms with E-state index in [9.17, 15) is 0 Å². The zero-order chi connectivity index (χ0) is 7.11. The van der Waals surface area contributed by atoms with Gasteiger partial charge in [0, 0.05) is 0 Å². The van der Waals surface area contributed by atoms with Gasteiger partial charge < -0.3 is 11.5 Å². The summed E-state index contributed by atoms with van der Waals surface area (Å²) >= 11 is 0. The molecule has 0 aliphatic rings. The van der Waals surface area contributed by atoms with Gasteiger partial charge in [0.05, 0.1) is 6.67 Å². The van der Waals surface area contributed by atoms with Crippen LogP contribution in [0.1, 0.15) is 0 Å². The number of hydrogen-bond acceptors (Lipinski definition) is 2. The number of rotatable bonds is 3. The molecule has 0 aliphatic carbocycles. The normalized spacial score (nSPS) is 12.3. The molecule has 0 saturated heterocycles. The van der Waals surface area contributed by atoms with Gasteiger partial charge in [-0.2, -0.15) is 0 Å². The Morgan fingerprint density at radius 3 is 2.78 bits per heavy atom. The molecule has 50 valence electrons. The van der Waals surface area contributed by atoms with Gasteiger partial charge in [-0.15, -0.1) is 0 Å². The maximum Gasteiger partial charge on any atom is 0.119 e. The van der Waals surface area contributed by atoms with Gasteiger partial charge in [-0.25, -0.2) is 0 Å². The van der Waals surface area contributed by atoms with Crippen molar-refractivity contribution in [1.82, 2.24) is 0 Å². The van der Waals surface area contributed by atoms with Crippen molar-refractivity contribution in [2.24, 2.45) is 16.5 Å². The van der Waals surface area contributed by atoms with Gasteiger partial charge in [0.15, 0.2) is 0 Å². The molecule has 0 aromatic heterocycles. The van der Waals surface area contributed by atoms with Gasteiger partial charge in [0.1, 0.15) is 5.84 Å². The molecule has 0 aliphatic heterocycles. The van der Waals surface area contributed by atoms with Crippen LogP contribution in [-0.4, -0.2) is 12.5 Å². The quantitative estimate of drug-likeness (QED) is 0.317. The van der Waals surface area contributed by atoms with E-state index in [0.29, 0.717) is 5.84 Å². The lowest BCUT2D eigenvalue weighted by atomic mass is 10.4. The van der Waals surface area contributed by atoms with Gasteiger partial charge in [0.2, 0.25) is 0 Å². The summed E-state index contributed by atoms with van der Waals surface area (Å²) in [6, 6.07) is 0. The summed E-state index contributed by atoms with van der Waals surface area (Å²) in [4.78, 5) is 3.70. The second-order valence-corrected chi connectivity index (χ2v) is 1.36. The first kappa shape index (κ1) is 7.91. The van der Waals surface area contributed by atoms with Crippen molar-refractivity contribution in [1.29, 1.82) is 0 Å². The fourth-order valence-electron chi connectivity index (χ4n) is 0.325. The van der Waals surface area contributed by atoms with Crippen molar-refractivity contribution in [2.75, 3.05) is 6.67 Å². The zero-order valence-corrected chi connectivity index (χ0v) is 5.25. The van der Waals surface area contributed by atoms with Crippen LogP contribution in [0.4, 0.5) is 0 Å². The Morgan fingerprint density at radius 2 is 2.33 bits per heavy atom. The lowest BCUT2D eigenvalue weighted by molar-refractivity contribution is 1.07. The SMILES string of the molecule is C=C/C=C\C(N)=N\CN. The number of nitrogens with two attached hydrogens (primary N) is 2. The largest absolute Gasteiger partial charge is 0.384 e. The lowest BCUT2D eigenvalue weighted by Crippen LogP contribution is -2.10.